The Morgan fingerprint density at radius 2 is 1.70 bits per heavy atom. The van der Waals surface area contributed by atoms with E-state index in [1.165, 1.54) is 6.92 Å². The molecule has 1 atom stereocenters. The first kappa shape index (κ1) is 21.1. The van der Waals surface area contributed by atoms with E-state index in [1.54, 1.807) is 50.6 Å². The SMILES string of the molecule is COc1cccc(NC(=O)C[NH+](C)CC(=O)Nc2cc3c(cc2C(C)=O)OCO3)c1. The maximum Gasteiger partial charge on any atom is 0.279 e. The van der Waals surface area contributed by atoms with Crippen LogP contribution in [0.1, 0.15) is 17.3 Å². The van der Waals surface area contributed by atoms with Gasteiger partial charge in [-0.1, -0.05) is 6.07 Å². The number of hydrogen-bond acceptors (Lipinski definition) is 6. The van der Waals surface area contributed by atoms with Crippen LogP contribution in [0.2, 0.25) is 0 Å². The standard InChI is InChI=1S/C21H23N3O6/c1-13(25)16-8-18-19(30-12-29-18)9-17(16)23-21(27)11-24(2)10-20(26)22-14-5-4-6-15(7-14)28-3/h4-9H,10-12H2,1-3H3,(H,22,26)(H,23,27)/p+1. The van der Waals surface area contributed by atoms with Gasteiger partial charge in [-0.15, -0.1) is 0 Å². The molecule has 0 saturated heterocycles. The smallest absolute Gasteiger partial charge is 0.279 e. The van der Waals surface area contributed by atoms with Crippen LogP contribution in [0.25, 0.3) is 0 Å². The quantitative estimate of drug-likeness (QED) is 0.550. The van der Waals surface area contributed by atoms with E-state index in [9.17, 15) is 14.4 Å². The summed E-state index contributed by atoms with van der Waals surface area (Å²) in [5.74, 6) is 0.799. The molecule has 1 aliphatic heterocycles. The van der Waals surface area contributed by atoms with Gasteiger partial charge in [0, 0.05) is 23.4 Å². The first-order valence-corrected chi connectivity index (χ1v) is 9.35. The molecular formula is C21H24N3O6+. The van der Waals surface area contributed by atoms with Crippen LogP contribution in [0, 0.1) is 0 Å². The van der Waals surface area contributed by atoms with E-state index in [-0.39, 0.29) is 37.5 Å². The lowest BCUT2D eigenvalue weighted by molar-refractivity contribution is -0.862. The third-order valence-corrected chi connectivity index (χ3v) is 4.44. The summed E-state index contributed by atoms with van der Waals surface area (Å²) in [4.78, 5) is 37.3. The minimum atomic E-state index is -0.331. The maximum atomic E-state index is 12.5. The van der Waals surface area contributed by atoms with Crippen LogP contribution >= 0.6 is 0 Å². The predicted octanol–water partition coefficient (Wildman–Crippen LogP) is 0.718. The molecule has 0 radical (unpaired) electrons. The number of hydrogen-bond donors (Lipinski definition) is 3. The highest BCUT2D eigenvalue weighted by molar-refractivity contribution is 6.04. The van der Waals surface area contributed by atoms with Gasteiger partial charge < -0.3 is 29.7 Å². The topological polar surface area (TPSA) is 107 Å². The highest BCUT2D eigenvalue weighted by atomic mass is 16.7. The van der Waals surface area contributed by atoms with Gasteiger partial charge in [0.15, 0.2) is 30.4 Å². The summed E-state index contributed by atoms with van der Waals surface area (Å²) in [6, 6.07) is 10.1. The number of carbonyl (C=O) groups excluding carboxylic acids is 3. The van der Waals surface area contributed by atoms with Gasteiger partial charge in [0.25, 0.3) is 11.8 Å². The molecule has 0 spiro atoms. The summed E-state index contributed by atoms with van der Waals surface area (Å²) in [7, 11) is 3.28. The van der Waals surface area contributed by atoms with Gasteiger partial charge in [-0.05, 0) is 25.1 Å². The average Bonchev–Trinajstić information content (AvgIpc) is 3.14. The first-order valence-electron chi connectivity index (χ1n) is 9.35. The molecular weight excluding hydrogens is 390 g/mol. The molecule has 9 nitrogen and oxygen atoms in total. The molecule has 0 bridgehead atoms. The molecule has 30 heavy (non-hydrogen) atoms. The highest BCUT2D eigenvalue weighted by Crippen LogP contribution is 2.37. The van der Waals surface area contributed by atoms with Crippen LogP contribution < -0.4 is 29.7 Å². The summed E-state index contributed by atoms with van der Waals surface area (Å²) in [6.07, 6.45) is 0. The number of ether oxygens (including phenoxy) is 3. The molecule has 2 aromatic carbocycles. The van der Waals surface area contributed by atoms with Crippen molar-refractivity contribution in [3.05, 3.63) is 42.0 Å². The lowest BCUT2D eigenvalue weighted by atomic mass is 10.1. The highest BCUT2D eigenvalue weighted by Gasteiger charge is 2.22. The molecule has 3 rings (SSSR count). The normalized spacial score (nSPS) is 12.8. The molecule has 9 heteroatoms. The Morgan fingerprint density at radius 1 is 1.03 bits per heavy atom. The van der Waals surface area contributed by atoms with Gasteiger partial charge in [-0.2, -0.15) is 0 Å². The second kappa shape index (κ2) is 9.27. The number of methoxy groups -OCH3 is 1. The Hall–Kier alpha value is -3.59. The van der Waals surface area contributed by atoms with Gasteiger partial charge in [0.1, 0.15) is 5.75 Å². The number of fused-ring (bicyclic) bond motifs is 1. The zero-order valence-corrected chi connectivity index (χ0v) is 17.0. The summed E-state index contributed by atoms with van der Waals surface area (Å²) < 4.78 is 15.7. The van der Waals surface area contributed by atoms with Crippen LogP contribution in [0.4, 0.5) is 11.4 Å². The molecule has 0 saturated carbocycles. The van der Waals surface area contributed by atoms with Gasteiger partial charge in [0.05, 0.1) is 19.8 Å². The van der Waals surface area contributed by atoms with E-state index in [1.807, 2.05) is 0 Å². The predicted molar refractivity (Wildman–Crippen MR) is 109 cm³/mol. The second-order valence-electron chi connectivity index (χ2n) is 6.95. The number of amides is 2. The molecule has 158 valence electrons. The largest absolute Gasteiger partial charge is 0.497 e. The minimum absolute atomic E-state index is 0.0390. The second-order valence-corrected chi connectivity index (χ2v) is 6.95. The zero-order chi connectivity index (χ0) is 21.7. The lowest BCUT2D eigenvalue weighted by Crippen LogP contribution is -3.11. The molecule has 2 amide bonds. The average molecular weight is 414 g/mol. The van der Waals surface area contributed by atoms with Crippen molar-refractivity contribution in [3.8, 4) is 17.2 Å². The third-order valence-electron chi connectivity index (χ3n) is 4.44. The Bertz CT molecular complexity index is 975. The van der Waals surface area contributed by atoms with Crippen molar-refractivity contribution in [3.63, 3.8) is 0 Å². The Balaban J connectivity index is 1.57. The number of quaternary nitrogens is 1. The van der Waals surface area contributed by atoms with Crippen LogP contribution in [0.3, 0.4) is 0 Å². The monoisotopic (exact) mass is 414 g/mol. The zero-order valence-electron chi connectivity index (χ0n) is 17.0. The van der Waals surface area contributed by atoms with Crippen LogP contribution in [-0.4, -0.2) is 51.6 Å². The summed E-state index contributed by atoms with van der Waals surface area (Å²) in [6.45, 7) is 1.61. The van der Waals surface area contributed by atoms with E-state index in [4.69, 9.17) is 14.2 Å². The molecule has 2 aromatic rings. The fourth-order valence-corrected chi connectivity index (χ4v) is 3.05. The fraction of sp³-hybridized carbons (Fsp3) is 0.286. The van der Waals surface area contributed by atoms with Gasteiger partial charge >= 0.3 is 0 Å². The number of likely N-dealkylation sites (N-methyl/N-ethyl adjacent to an activating group) is 1. The summed E-state index contributed by atoms with van der Waals surface area (Å²) in [5, 5.41) is 5.50. The van der Waals surface area contributed by atoms with E-state index in [0.717, 1.165) is 0 Å². The van der Waals surface area contributed by atoms with E-state index < -0.39 is 0 Å². The van der Waals surface area contributed by atoms with E-state index in [0.29, 0.717) is 39.1 Å². The molecule has 1 unspecified atom stereocenters. The number of nitrogens with one attached hydrogen (secondary N) is 3. The van der Waals surface area contributed by atoms with Crippen molar-refractivity contribution in [1.29, 1.82) is 0 Å². The van der Waals surface area contributed by atoms with E-state index >= 15 is 0 Å². The Kier molecular flexibility index (Phi) is 6.53. The molecule has 3 N–H and O–H groups in total. The maximum absolute atomic E-state index is 12.5. The molecule has 1 aliphatic rings. The number of anilines is 2. The summed E-state index contributed by atoms with van der Waals surface area (Å²) in [5.41, 5.74) is 1.30. The van der Waals surface area contributed by atoms with Gasteiger partial charge in [0.2, 0.25) is 6.79 Å². The van der Waals surface area contributed by atoms with Crippen molar-refractivity contribution in [2.24, 2.45) is 0 Å². The number of carbonyl (C=O) groups is 3. The number of benzene rings is 2. The van der Waals surface area contributed by atoms with Gasteiger partial charge in [-0.25, -0.2) is 0 Å². The number of Topliss-reactive ketones (excluding diaryl/α,β-unsaturated/α-hetero) is 1. The number of ketones is 1. The van der Waals surface area contributed by atoms with Crippen LogP contribution in [0.5, 0.6) is 17.2 Å². The van der Waals surface area contributed by atoms with Crippen LogP contribution in [0.15, 0.2) is 36.4 Å². The van der Waals surface area contributed by atoms with Crippen molar-refractivity contribution < 1.29 is 33.5 Å². The van der Waals surface area contributed by atoms with E-state index in [2.05, 4.69) is 10.6 Å². The molecule has 0 fully saturated rings. The minimum Gasteiger partial charge on any atom is -0.497 e. The Morgan fingerprint density at radius 3 is 2.37 bits per heavy atom. The van der Waals surface area contributed by atoms with Crippen molar-refractivity contribution in [2.45, 2.75) is 6.92 Å². The summed E-state index contributed by atoms with van der Waals surface area (Å²) >= 11 is 0. The molecule has 1 heterocycles. The first-order chi connectivity index (χ1) is 14.4. The lowest BCUT2D eigenvalue weighted by Gasteiger charge is -2.15. The van der Waals surface area contributed by atoms with Crippen LogP contribution in [-0.2, 0) is 9.59 Å². The van der Waals surface area contributed by atoms with Crippen molar-refractivity contribution in [2.75, 3.05) is 44.7 Å². The Labute approximate surface area is 173 Å². The van der Waals surface area contributed by atoms with Gasteiger partial charge in [-0.3, -0.25) is 14.4 Å². The number of rotatable bonds is 8. The van der Waals surface area contributed by atoms with Crippen molar-refractivity contribution in [1.82, 2.24) is 0 Å². The molecule has 0 aromatic heterocycles. The van der Waals surface area contributed by atoms with Crippen molar-refractivity contribution >= 4 is 29.0 Å². The fourth-order valence-electron chi connectivity index (χ4n) is 3.05. The third kappa shape index (κ3) is 5.26. The molecule has 0 aliphatic carbocycles.